The second-order valence-electron chi connectivity index (χ2n) is 6.16. The van der Waals surface area contributed by atoms with Crippen LogP contribution in [0.2, 0.25) is 0 Å². The van der Waals surface area contributed by atoms with Crippen LogP contribution in [0.1, 0.15) is 48.0 Å². The summed E-state index contributed by atoms with van der Waals surface area (Å²) in [5.74, 6) is -0.578. The van der Waals surface area contributed by atoms with Crippen LogP contribution in [0.5, 0.6) is 0 Å². The fraction of sp³-hybridized carbons (Fsp3) is 0.667. The predicted octanol–water partition coefficient (Wildman–Crippen LogP) is 1.67. The summed E-state index contributed by atoms with van der Waals surface area (Å²) in [7, 11) is 1.47. The first-order chi connectivity index (χ1) is 10.3. The summed E-state index contributed by atoms with van der Waals surface area (Å²) >= 11 is 0. The van der Waals surface area contributed by atoms with Gasteiger partial charge in [0.05, 0.1) is 12.3 Å². The van der Waals surface area contributed by atoms with Gasteiger partial charge in [0.1, 0.15) is 11.0 Å². The first-order valence-electron chi connectivity index (χ1n) is 7.30. The Balaban J connectivity index is 2.26. The average molecular weight is 310 g/mol. The molecule has 1 N–H and O–H groups in total. The average Bonchev–Trinajstić information content (AvgIpc) is 3.03. The van der Waals surface area contributed by atoms with Crippen molar-refractivity contribution in [3.05, 3.63) is 17.0 Å². The van der Waals surface area contributed by atoms with Gasteiger partial charge in [-0.3, -0.25) is 9.59 Å². The lowest BCUT2D eigenvalue weighted by Gasteiger charge is -2.23. The number of carboxylic acids is 1. The van der Waals surface area contributed by atoms with Gasteiger partial charge in [0, 0.05) is 26.1 Å². The van der Waals surface area contributed by atoms with Gasteiger partial charge in [0.15, 0.2) is 5.76 Å². The highest BCUT2D eigenvalue weighted by atomic mass is 16.5. The molecular weight excluding hydrogens is 288 g/mol. The number of hydrogen-bond acceptors (Lipinski definition) is 5. The third-order valence-electron chi connectivity index (χ3n) is 4.14. The minimum Gasteiger partial charge on any atom is -0.481 e. The van der Waals surface area contributed by atoms with Gasteiger partial charge in [-0.25, -0.2) is 0 Å². The first-order valence-corrected chi connectivity index (χ1v) is 7.30. The molecule has 0 saturated carbocycles. The molecule has 1 aliphatic rings. The van der Waals surface area contributed by atoms with Gasteiger partial charge in [-0.2, -0.15) is 0 Å². The highest BCUT2D eigenvalue weighted by molar-refractivity contribution is 5.97. The van der Waals surface area contributed by atoms with E-state index < -0.39 is 11.4 Å². The van der Waals surface area contributed by atoms with Crippen LogP contribution in [-0.2, 0) is 9.53 Å². The fourth-order valence-corrected chi connectivity index (χ4v) is 2.88. The van der Waals surface area contributed by atoms with Crippen molar-refractivity contribution in [2.75, 3.05) is 26.8 Å². The number of carbonyl (C=O) groups is 2. The zero-order valence-corrected chi connectivity index (χ0v) is 13.4. The molecule has 1 aromatic heterocycles. The number of likely N-dealkylation sites (tertiary alicyclic amines) is 1. The molecule has 1 aromatic rings. The highest BCUT2D eigenvalue weighted by Crippen LogP contribution is 2.33. The van der Waals surface area contributed by atoms with E-state index in [1.54, 1.807) is 11.8 Å². The zero-order chi connectivity index (χ0) is 16.5. The van der Waals surface area contributed by atoms with Crippen molar-refractivity contribution in [2.45, 2.75) is 33.1 Å². The lowest BCUT2D eigenvalue weighted by atomic mass is 9.88. The maximum Gasteiger partial charge on any atom is 0.313 e. The lowest BCUT2D eigenvalue weighted by molar-refractivity contribution is -0.151. The standard InChI is InChI=1S/C15H22N2O5/c1-9(2)12-11(10(3)16-22-12)13(18)17-6-5-15(7-17,8-21-4)14(19)20/h9H,5-8H2,1-4H3,(H,19,20). The minimum atomic E-state index is -1.03. The maximum absolute atomic E-state index is 12.8. The van der Waals surface area contributed by atoms with Gasteiger partial charge < -0.3 is 19.3 Å². The van der Waals surface area contributed by atoms with Crippen molar-refractivity contribution in [3.8, 4) is 0 Å². The summed E-state index contributed by atoms with van der Waals surface area (Å²) in [6.45, 7) is 6.18. The Morgan fingerprint density at radius 3 is 2.73 bits per heavy atom. The third kappa shape index (κ3) is 2.72. The number of carbonyl (C=O) groups excluding carboxylic acids is 1. The van der Waals surface area contributed by atoms with Gasteiger partial charge in [-0.1, -0.05) is 19.0 Å². The maximum atomic E-state index is 12.8. The molecule has 0 bridgehead atoms. The normalized spacial score (nSPS) is 21.6. The number of nitrogens with zero attached hydrogens (tertiary/aromatic N) is 2. The molecule has 22 heavy (non-hydrogen) atoms. The van der Waals surface area contributed by atoms with Crippen molar-refractivity contribution in [1.82, 2.24) is 10.1 Å². The van der Waals surface area contributed by atoms with E-state index in [1.807, 2.05) is 13.8 Å². The van der Waals surface area contributed by atoms with E-state index in [2.05, 4.69) is 5.16 Å². The molecule has 122 valence electrons. The Morgan fingerprint density at radius 1 is 1.50 bits per heavy atom. The van der Waals surface area contributed by atoms with Crippen LogP contribution in [0.25, 0.3) is 0 Å². The smallest absolute Gasteiger partial charge is 0.313 e. The predicted molar refractivity (Wildman–Crippen MR) is 77.8 cm³/mol. The number of ether oxygens (including phenoxy) is 1. The quantitative estimate of drug-likeness (QED) is 0.889. The molecule has 2 heterocycles. The van der Waals surface area contributed by atoms with E-state index >= 15 is 0 Å². The summed E-state index contributed by atoms with van der Waals surface area (Å²) in [6, 6.07) is 0. The van der Waals surface area contributed by atoms with E-state index in [4.69, 9.17) is 9.26 Å². The number of hydrogen-bond donors (Lipinski definition) is 1. The molecule has 2 rings (SSSR count). The number of aromatic nitrogens is 1. The van der Waals surface area contributed by atoms with Crippen molar-refractivity contribution >= 4 is 11.9 Å². The van der Waals surface area contributed by atoms with Crippen molar-refractivity contribution in [1.29, 1.82) is 0 Å². The van der Waals surface area contributed by atoms with Crippen LogP contribution in [0.3, 0.4) is 0 Å². The van der Waals surface area contributed by atoms with E-state index in [9.17, 15) is 14.7 Å². The van der Waals surface area contributed by atoms with Crippen LogP contribution in [0, 0.1) is 12.3 Å². The molecule has 0 spiro atoms. The SMILES string of the molecule is COCC1(C(=O)O)CCN(C(=O)c2c(C)noc2C(C)C)C1. The summed E-state index contributed by atoms with van der Waals surface area (Å²) in [6.07, 6.45) is 0.378. The van der Waals surface area contributed by atoms with E-state index in [0.29, 0.717) is 30.0 Å². The van der Waals surface area contributed by atoms with Gasteiger partial charge >= 0.3 is 5.97 Å². The zero-order valence-electron chi connectivity index (χ0n) is 13.4. The van der Waals surface area contributed by atoms with E-state index in [1.165, 1.54) is 7.11 Å². The van der Waals surface area contributed by atoms with Gasteiger partial charge in [0.25, 0.3) is 5.91 Å². The summed E-state index contributed by atoms with van der Waals surface area (Å²) < 4.78 is 10.3. The number of aryl methyl sites for hydroxylation is 1. The molecule has 1 saturated heterocycles. The molecular formula is C15H22N2O5. The van der Waals surface area contributed by atoms with E-state index in [-0.39, 0.29) is 25.0 Å². The molecule has 0 aliphatic carbocycles. The minimum absolute atomic E-state index is 0.0333. The third-order valence-corrected chi connectivity index (χ3v) is 4.14. The second kappa shape index (κ2) is 6.08. The molecule has 7 nitrogen and oxygen atoms in total. The Labute approximate surface area is 129 Å². The van der Waals surface area contributed by atoms with Crippen molar-refractivity contribution < 1.29 is 24.0 Å². The molecule has 7 heteroatoms. The van der Waals surface area contributed by atoms with Crippen LogP contribution in [-0.4, -0.2) is 53.8 Å². The molecule has 1 amide bonds. The van der Waals surface area contributed by atoms with Gasteiger partial charge in [0.2, 0.25) is 0 Å². The molecule has 1 unspecified atom stereocenters. The number of rotatable bonds is 5. The Hall–Kier alpha value is -1.89. The first kappa shape index (κ1) is 16.5. The van der Waals surface area contributed by atoms with Crippen molar-refractivity contribution in [3.63, 3.8) is 0 Å². The summed E-state index contributed by atoms with van der Waals surface area (Å²) in [5.41, 5.74) is -0.0464. The lowest BCUT2D eigenvalue weighted by Crippen LogP contribution is -2.40. The van der Waals surface area contributed by atoms with Crippen LogP contribution >= 0.6 is 0 Å². The second-order valence-corrected chi connectivity index (χ2v) is 6.16. The highest BCUT2D eigenvalue weighted by Gasteiger charge is 2.47. The molecule has 1 atom stereocenters. The van der Waals surface area contributed by atoms with Gasteiger partial charge in [-0.05, 0) is 13.3 Å². The fourth-order valence-electron chi connectivity index (χ4n) is 2.88. The number of amides is 1. The number of methoxy groups -OCH3 is 1. The largest absolute Gasteiger partial charge is 0.481 e. The topological polar surface area (TPSA) is 92.9 Å². The molecule has 1 fully saturated rings. The molecule has 0 radical (unpaired) electrons. The Kier molecular flexibility index (Phi) is 4.55. The summed E-state index contributed by atoms with van der Waals surface area (Å²) in [5, 5.41) is 13.3. The van der Waals surface area contributed by atoms with Crippen LogP contribution < -0.4 is 0 Å². The number of aliphatic carboxylic acids is 1. The Bertz CT molecular complexity index is 580. The van der Waals surface area contributed by atoms with Crippen LogP contribution in [0.4, 0.5) is 0 Å². The number of carboxylic acid groups (broad SMARTS) is 1. The molecule has 0 aromatic carbocycles. The van der Waals surface area contributed by atoms with Crippen LogP contribution in [0.15, 0.2) is 4.52 Å². The monoisotopic (exact) mass is 310 g/mol. The van der Waals surface area contributed by atoms with Crippen molar-refractivity contribution in [2.24, 2.45) is 5.41 Å². The van der Waals surface area contributed by atoms with Gasteiger partial charge in [-0.15, -0.1) is 0 Å². The molecule has 1 aliphatic heterocycles. The Morgan fingerprint density at radius 2 is 2.18 bits per heavy atom. The van der Waals surface area contributed by atoms with E-state index in [0.717, 1.165) is 0 Å². The summed E-state index contributed by atoms with van der Waals surface area (Å²) in [4.78, 5) is 25.9.